The fourth-order valence-electron chi connectivity index (χ4n) is 2.54. The summed E-state index contributed by atoms with van der Waals surface area (Å²) in [5.74, 6) is 0.975. The van der Waals surface area contributed by atoms with E-state index < -0.39 is 5.97 Å². The number of nitrogens with zero attached hydrogens (tertiary/aromatic N) is 1. The summed E-state index contributed by atoms with van der Waals surface area (Å²) >= 11 is 0. The van der Waals surface area contributed by atoms with E-state index in [0.717, 1.165) is 31.3 Å². The molecule has 1 saturated heterocycles. The van der Waals surface area contributed by atoms with Gasteiger partial charge in [0, 0.05) is 12.5 Å². The van der Waals surface area contributed by atoms with Gasteiger partial charge in [0.25, 0.3) is 0 Å². The van der Waals surface area contributed by atoms with Crippen molar-refractivity contribution in [2.24, 2.45) is 11.8 Å². The first kappa shape index (κ1) is 13.5. The number of rotatable bonds is 5. The minimum atomic E-state index is -0.677. The van der Waals surface area contributed by atoms with Gasteiger partial charge in [0.2, 0.25) is 0 Å². The van der Waals surface area contributed by atoms with Crippen LogP contribution in [0.2, 0.25) is 0 Å². The topological polar surface area (TPSA) is 40.5 Å². The van der Waals surface area contributed by atoms with Gasteiger partial charge in [0.05, 0.1) is 0 Å². The van der Waals surface area contributed by atoms with Crippen LogP contribution in [0.1, 0.15) is 46.5 Å². The highest BCUT2D eigenvalue weighted by Crippen LogP contribution is 2.26. The number of carboxylic acids is 1. The molecule has 0 radical (unpaired) electrons. The molecule has 1 aliphatic rings. The maximum atomic E-state index is 10.5. The lowest BCUT2D eigenvalue weighted by atomic mass is 9.86. The Morgan fingerprint density at radius 1 is 1.31 bits per heavy atom. The van der Waals surface area contributed by atoms with E-state index in [1.165, 1.54) is 12.8 Å². The van der Waals surface area contributed by atoms with E-state index in [9.17, 15) is 4.79 Å². The average molecular weight is 227 g/mol. The van der Waals surface area contributed by atoms with Gasteiger partial charge in [0.1, 0.15) is 0 Å². The molecule has 3 heteroatoms. The summed E-state index contributed by atoms with van der Waals surface area (Å²) in [7, 11) is 0. The number of carbonyl (C=O) groups is 1. The van der Waals surface area contributed by atoms with Crippen molar-refractivity contribution < 1.29 is 9.90 Å². The Morgan fingerprint density at radius 3 is 2.31 bits per heavy atom. The van der Waals surface area contributed by atoms with Crippen LogP contribution >= 0.6 is 0 Å². The van der Waals surface area contributed by atoms with Gasteiger partial charge < -0.3 is 10.0 Å². The quantitative estimate of drug-likeness (QED) is 0.785. The molecule has 16 heavy (non-hydrogen) atoms. The van der Waals surface area contributed by atoms with Gasteiger partial charge in [-0.15, -0.1) is 0 Å². The summed E-state index contributed by atoms with van der Waals surface area (Å²) in [5, 5.41) is 8.66. The summed E-state index contributed by atoms with van der Waals surface area (Å²) in [6.07, 6.45) is 3.62. The zero-order valence-corrected chi connectivity index (χ0v) is 10.8. The van der Waals surface area contributed by atoms with Crippen molar-refractivity contribution in [2.45, 2.75) is 52.5 Å². The van der Waals surface area contributed by atoms with Gasteiger partial charge in [-0.05, 0) is 51.1 Å². The second-order valence-electron chi connectivity index (χ2n) is 5.40. The Hall–Kier alpha value is -0.570. The maximum Gasteiger partial charge on any atom is 0.303 e. The molecule has 0 spiro atoms. The van der Waals surface area contributed by atoms with Gasteiger partial charge in [-0.25, -0.2) is 0 Å². The van der Waals surface area contributed by atoms with E-state index in [-0.39, 0.29) is 0 Å². The van der Waals surface area contributed by atoms with Gasteiger partial charge in [0.15, 0.2) is 0 Å². The first-order chi connectivity index (χ1) is 7.50. The summed E-state index contributed by atoms with van der Waals surface area (Å²) in [6.45, 7) is 9.04. The van der Waals surface area contributed by atoms with Gasteiger partial charge >= 0.3 is 5.97 Å². The Balaban J connectivity index is 2.27. The van der Waals surface area contributed by atoms with E-state index in [1.807, 2.05) is 0 Å². The van der Waals surface area contributed by atoms with Crippen LogP contribution in [0.5, 0.6) is 0 Å². The normalized spacial score (nSPS) is 21.2. The first-order valence-electron chi connectivity index (χ1n) is 6.46. The highest BCUT2D eigenvalue weighted by molar-refractivity contribution is 5.66. The summed E-state index contributed by atoms with van der Waals surface area (Å²) in [6, 6.07) is 0.421. The minimum Gasteiger partial charge on any atom is -0.481 e. The van der Waals surface area contributed by atoms with E-state index >= 15 is 0 Å². The third kappa shape index (κ3) is 4.12. The van der Waals surface area contributed by atoms with Crippen molar-refractivity contribution in [3.8, 4) is 0 Å². The van der Waals surface area contributed by atoms with Gasteiger partial charge in [-0.1, -0.05) is 13.8 Å². The summed E-state index contributed by atoms with van der Waals surface area (Å²) < 4.78 is 0. The number of hydrogen-bond donors (Lipinski definition) is 1. The molecule has 94 valence electrons. The second-order valence-corrected chi connectivity index (χ2v) is 5.40. The lowest BCUT2D eigenvalue weighted by molar-refractivity contribution is -0.137. The number of carboxylic acid groups (broad SMARTS) is 1. The predicted octanol–water partition coefficient (Wildman–Crippen LogP) is 2.61. The largest absolute Gasteiger partial charge is 0.481 e. The first-order valence-corrected chi connectivity index (χ1v) is 6.46. The molecule has 1 fully saturated rings. The third-order valence-corrected chi connectivity index (χ3v) is 3.92. The molecule has 1 heterocycles. The Labute approximate surface area is 98.8 Å². The van der Waals surface area contributed by atoms with Crippen molar-refractivity contribution in [2.75, 3.05) is 13.1 Å². The van der Waals surface area contributed by atoms with Crippen molar-refractivity contribution in [3.63, 3.8) is 0 Å². The van der Waals surface area contributed by atoms with Crippen LogP contribution < -0.4 is 0 Å². The molecule has 0 amide bonds. The third-order valence-electron chi connectivity index (χ3n) is 3.92. The zero-order chi connectivity index (χ0) is 12.1. The Morgan fingerprint density at radius 2 is 1.88 bits per heavy atom. The van der Waals surface area contributed by atoms with E-state index in [0.29, 0.717) is 12.5 Å². The Kier molecular flexibility index (Phi) is 5.26. The van der Waals surface area contributed by atoms with Crippen molar-refractivity contribution in [1.82, 2.24) is 4.90 Å². The lowest BCUT2D eigenvalue weighted by Crippen LogP contribution is -2.41. The predicted molar refractivity (Wildman–Crippen MR) is 65.5 cm³/mol. The molecule has 1 aliphatic heterocycles. The molecule has 3 nitrogen and oxygen atoms in total. The molecular weight excluding hydrogens is 202 g/mol. The number of likely N-dealkylation sites (tertiary alicyclic amines) is 1. The van der Waals surface area contributed by atoms with E-state index in [1.54, 1.807) is 0 Å². The molecule has 0 aromatic carbocycles. The van der Waals surface area contributed by atoms with Crippen LogP contribution in [0.15, 0.2) is 0 Å². The highest BCUT2D eigenvalue weighted by atomic mass is 16.4. The monoisotopic (exact) mass is 227 g/mol. The smallest absolute Gasteiger partial charge is 0.303 e. The van der Waals surface area contributed by atoms with Crippen molar-refractivity contribution in [1.29, 1.82) is 0 Å². The maximum absolute atomic E-state index is 10.5. The number of hydrogen-bond acceptors (Lipinski definition) is 2. The fraction of sp³-hybridized carbons (Fsp3) is 0.923. The average Bonchev–Trinajstić information content (AvgIpc) is 2.26. The van der Waals surface area contributed by atoms with Crippen LogP contribution in [0, 0.1) is 11.8 Å². The van der Waals surface area contributed by atoms with Gasteiger partial charge in [-0.3, -0.25) is 4.79 Å². The molecule has 0 aromatic rings. The van der Waals surface area contributed by atoms with Crippen LogP contribution in [0.4, 0.5) is 0 Å². The molecule has 1 N–H and O–H groups in total. The molecule has 0 aliphatic carbocycles. The van der Waals surface area contributed by atoms with Crippen LogP contribution in [0.3, 0.4) is 0 Å². The molecule has 1 atom stereocenters. The molecule has 1 unspecified atom stereocenters. The standard InChI is InChI=1S/C13H25NO2/c1-10(2)12-6-8-14(9-7-12)11(3)4-5-13(15)16/h10-12H,4-9H2,1-3H3,(H,15,16). The Bertz CT molecular complexity index is 220. The van der Waals surface area contributed by atoms with E-state index in [2.05, 4.69) is 25.7 Å². The summed E-state index contributed by atoms with van der Waals surface area (Å²) in [4.78, 5) is 13.0. The molecule has 0 bridgehead atoms. The molecule has 0 aromatic heterocycles. The van der Waals surface area contributed by atoms with Crippen molar-refractivity contribution in [3.05, 3.63) is 0 Å². The molecular formula is C13H25NO2. The van der Waals surface area contributed by atoms with Crippen LogP contribution in [-0.2, 0) is 4.79 Å². The second kappa shape index (κ2) is 6.24. The fourth-order valence-corrected chi connectivity index (χ4v) is 2.54. The van der Waals surface area contributed by atoms with Crippen LogP contribution in [-0.4, -0.2) is 35.1 Å². The number of aliphatic carboxylic acids is 1. The van der Waals surface area contributed by atoms with Gasteiger partial charge in [-0.2, -0.15) is 0 Å². The minimum absolute atomic E-state index is 0.297. The van der Waals surface area contributed by atoms with Crippen LogP contribution in [0.25, 0.3) is 0 Å². The lowest BCUT2D eigenvalue weighted by Gasteiger charge is -2.37. The number of piperidine rings is 1. The van der Waals surface area contributed by atoms with E-state index in [4.69, 9.17) is 5.11 Å². The highest BCUT2D eigenvalue weighted by Gasteiger charge is 2.24. The zero-order valence-electron chi connectivity index (χ0n) is 10.8. The SMILES string of the molecule is CC(C)C1CCN(C(C)CCC(=O)O)CC1. The summed E-state index contributed by atoms with van der Waals surface area (Å²) in [5.41, 5.74) is 0. The molecule has 0 saturated carbocycles. The molecule has 1 rings (SSSR count). The van der Waals surface area contributed by atoms with Crippen molar-refractivity contribution >= 4 is 5.97 Å².